The van der Waals surface area contributed by atoms with Crippen LogP contribution in [-0.2, 0) is 11.2 Å². The van der Waals surface area contributed by atoms with E-state index in [0.29, 0.717) is 12.8 Å². The quantitative estimate of drug-likeness (QED) is 0.771. The lowest BCUT2D eigenvalue weighted by Gasteiger charge is -2.08. The Morgan fingerprint density at radius 3 is 2.60 bits per heavy atom. The van der Waals surface area contributed by atoms with Gasteiger partial charge in [0.05, 0.1) is 6.04 Å². The summed E-state index contributed by atoms with van der Waals surface area (Å²) < 4.78 is 0. The summed E-state index contributed by atoms with van der Waals surface area (Å²) in [6.45, 7) is 3.69. The Morgan fingerprint density at radius 2 is 2.00 bits per heavy atom. The van der Waals surface area contributed by atoms with Crippen molar-refractivity contribution < 1.29 is 4.79 Å². The molecule has 0 saturated carbocycles. The van der Waals surface area contributed by atoms with Crippen molar-refractivity contribution >= 4 is 5.78 Å². The van der Waals surface area contributed by atoms with Crippen LogP contribution in [0.5, 0.6) is 0 Å². The van der Waals surface area contributed by atoms with Gasteiger partial charge in [-0.1, -0.05) is 43.7 Å². The SMILES string of the molecule is [CH2]CCC(N)C(=O)CCc1ccccc1. The number of hydrogen-bond donors (Lipinski definition) is 1. The van der Waals surface area contributed by atoms with Crippen LogP contribution < -0.4 is 5.73 Å². The molecule has 1 aromatic carbocycles. The smallest absolute Gasteiger partial charge is 0.149 e. The molecule has 0 fully saturated rings. The van der Waals surface area contributed by atoms with E-state index in [9.17, 15) is 4.79 Å². The topological polar surface area (TPSA) is 43.1 Å². The molecule has 81 valence electrons. The van der Waals surface area contributed by atoms with Crippen molar-refractivity contribution in [2.75, 3.05) is 0 Å². The molecule has 0 aliphatic heterocycles. The van der Waals surface area contributed by atoms with Crippen LogP contribution in [0.15, 0.2) is 30.3 Å². The predicted octanol–water partition coefficient (Wildman–Crippen LogP) is 2.13. The molecule has 1 atom stereocenters. The van der Waals surface area contributed by atoms with Gasteiger partial charge in [-0.05, 0) is 18.4 Å². The summed E-state index contributed by atoms with van der Waals surface area (Å²) in [5.41, 5.74) is 6.89. The standard InChI is InChI=1S/C13H18NO/c1-2-6-12(14)13(15)10-9-11-7-4-3-5-8-11/h3-5,7-8,12H,1-2,6,9-10,14H2. The number of benzene rings is 1. The highest BCUT2D eigenvalue weighted by Crippen LogP contribution is 2.05. The first-order valence-electron chi connectivity index (χ1n) is 5.35. The number of carbonyl (C=O) groups excluding carboxylic acids is 1. The highest BCUT2D eigenvalue weighted by molar-refractivity contribution is 5.83. The summed E-state index contributed by atoms with van der Waals surface area (Å²) in [6, 6.07) is 9.66. The lowest BCUT2D eigenvalue weighted by molar-refractivity contribution is -0.120. The van der Waals surface area contributed by atoms with E-state index in [0.717, 1.165) is 12.8 Å². The summed E-state index contributed by atoms with van der Waals surface area (Å²) in [5.74, 6) is 0.141. The summed E-state index contributed by atoms with van der Waals surface area (Å²) in [5, 5.41) is 0. The summed E-state index contributed by atoms with van der Waals surface area (Å²) in [4.78, 5) is 11.6. The number of Topliss-reactive ketones (excluding diaryl/α,β-unsaturated/α-hetero) is 1. The highest BCUT2D eigenvalue weighted by Gasteiger charge is 2.11. The minimum atomic E-state index is -0.328. The molecule has 1 unspecified atom stereocenters. The maximum atomic E-state index is 11.6. The van der Waals surface area contributed by atoms with E-state index in [1.807, 2.05) is 30.3 Å². The third-order valence-corrected chi connectivity index (χ3v) is 2.43. The molecule has 0 saturated heterocycles. The second-order valence-electron chi connectivity index (χ2n) is 3.70. The molecule has 0 aliphatic rings. The van der Waals surface area contributed by atoms with Crippen LogP contribution >= 0.6 is 0 Å². The van der Waals surface area contributed by atoms with Gasteiger partial charge in [0.25, 0.3) is 0 Å². The number of rotatable bonds is 6. The van der Waals surface area contributed by atoms with Crippen molar-refractivity contribution in [3.05, 3.63) is 42.8 Å². The van der Waals surface area contributed by atoms with Gasteiger partial charge in [0.1, 0.15) is 5.78 Å². The first kappa shape index (κ1) is 11.9. The van der Waals surface area contributed by atoms with Crippen LogP contribution in [0.2, 0.25) is 0 Å². The summed E-state index contributed by atoms with van der Waals surface area (Å²) in [6.07, 6.45) is 2.72. The summed E-state index contributed by atoms with van der Waals surface area (Å²) in [7, 11) is 0. The molecule has 2 nitrogen and oxygen atoms in total. The Bertz CT molecular complexity index is 295. The molecular weight excluding hydrogens is 186 g/mol. The van der Waals surface area contributed by atoms with Gasteiger partial charge in [-0.15, -0.1) is 0 Å². The Hall–Kier alpha value is -1.15. The molecule has 0 spiro atoms. The van der Waals surface area contributed by atoms with E-state index >= 15 is 0 Å². The third-order valence-electron chi connectivity index (χ3n) is 2.43. The van der Waals surface area contributed by atoms with Crippen molar-refractivity contribution in [1.29, 1.82) is 0 Å². The number of aryl methyl sites for hydroxylation is 1. The van der Waals surface area contributed by atoms with Crippen LogP contribution in [0.4, 0.5) is 0 Å². The first-order valence-corrected chi connectivity index (χ1v) is 5.35. The molecule has 1 rings (SSSR count). The molecule has 0 heterocycles. The van der Waals surface area contributed by atoms with Crippen LogP contribution in [0, 0.1) is 6.92 Å². The van der Waals surface area contributed by atoms with Gasteiger partial charge < -0.3 is 5.73 Å². The minimum absolute atomic E-state index is 0.141. The molecular formula is C13H18NO. The van der Waals surface area contributed by atoms with Crippen LogP contribution in [0.3, 0.4) is 0 Å². The number of ketones is 1. The van der Waals surface area contributed by atoms with Gasteiger partial charge >= 0.3 is 0 Å². The van der Waals surface area contributed by atoms with Crippen molar-refractivity contribution in [1.82, 2.24) is 0 Å². The number of nitrogens with two attached hydrogens (primary N) is 1. The zero-order valence-corrected chi connectivity index (χ0v) is 8.99. The Labute approximate surface area is 91.5 Å². The minimum Gasteiger partial charge on any atom is -0.322 e. The number of hydrogen-bond acceptors (Lipinski definition) is 2. The maximum Gasteiger partial charge on any atom is 0.149 e. The molecule has 2 heteroatoms. The van der Waals surface area contributed by atoms with Gasteiger partial charge in [-0.3, -0.25) is 4.79 Å². The zero-order valence-electron chi connectivity index (χ0n) is 8.99. The molecule has 0 aromatic heterocycles. The van der Waals surface area contributed by atoms with Gasteiger partial charge in [0, 0.05) is 6.42 Å². The lowest BCUT2D eigenvalue weighted by atomic mass is 10.0. The fourth-order valence-corrected chi connectivity index (χ4v) is 1.48. The van der Waals surface area contributed by atoms with E-state index in [4.69, 9.17) is 5.73 Å². The average molecular weight is 204 g/mol. The lowest BCUT2D eigenvalue weighted by Crippen LogP contribution is -2.30. The normalized spacial score (nSPS) is 12.4. The maximum absolute atomic E-state index is 11.6. The highest BCUT2D eigenvalue weighted by atomic mass is 16.1. The Balaban J connectivity index is 2.34. The molecule has 0 aliphatic carbocycles. The van der Waals surface area contributed by atoms with Crippen LogP contribution in [-0.4, -0.2) is 11.8 Å². The van der Waals surface area contributed by atoms with E-state index in [-0.39, 0.29) is 11.8 Å². The third kappa shape index (κ3) is 4.26. The Morgan fingerprint density at radius 1 is 1.33 bits per heavy atom. The van der Waals surface area contributed by atoms with Crippen LogP contribution in [0.25, 0.3) is 0 Å². The van der Waals surface area contributed by atoms with Crippen LogP contribution in [0.1, 0.15) is 24.8 Å². The van der Waals surface area contributed by atoms with E-state index in [1.54, 1.807) is 0 Å². The van der Waals surface area contributed by atoms with E-state index in [2.05, 4.69) is 6.92 Å². The average Bonchev–Trinajstić information content (AvgIpc) is 2.27. The van der Waals surface area contributed by atoms with E-state index in [1.165, 1.54) is 5.56 Å². The molecule has 2 N–H and O–H groups in total. The predicted molar refractivity (Wildman–Crippen MR) is 62.3 cm³/mol. The van der Waals surface area contributed by atoms with Gasteiger partial charge in [0.15, 0.2) is 0 Å². The zero-order chi connectivity index (χ0) is 11.1. The van der Waals surface area contributed by atoms with Crippen molar-refractivity contribution in [2.45, 2.75) is 31.7 Å². The second-order valence-corrected chi connectivity index (χ2v) is 3.70. The molecule has 15 heavy (non-hydrogen) atoms. The summed E-state index contributed by atoms with van der Waals surface area (Å²) >= 11 is 0. The molecule has 1 aromatic rings. The van der Waals surface area contributed by atoms with Crippen molar-refractivity contribution in [3.63, 3.8) is 0 Å². The molecule has 0 bridgehead atoms. The van der Waals surface area contributed by atoms with Gasteiger partial charge in [0.2, 0.25) is 0 Å². The fraction of sp³-hybridized carbons (Fsp3) is 0.385. The fourth-order valence-electron chi connectivity index (χ4n) is 1.48. The first-order chi connectivity index (χ1) is 7.24. The van der Waals surface area contributed by atoms with E-state index < -0.39 is 0 Å². The molecule has 0 amide bonds. The van der Waals surface area contributed by atoms with Gasteiger partial charge in [-0.2, -0.15) is 0 Å². The van der Waals surface area contributed by atoms with Crippen molar-refractivity contribution in [3.8, 4) is 0 Å². The second kappa shape index (κ2) is 6.36. The van der Waals surface area contributed by atoms with Gasteiger partial charge in [-0.25, -0.2) is 0 Å². The number of carbonyl (C=O) groups is 1. The van der Waals surface area contributed by atoms with Crippen molar-refractivity contribution in [2.24, 2.45) is 5.73 Å². The molecule has 1 radical (unpaired) electrons. The Kier molecular flexibility index (Phi) is 5.05. The largest absolute Gasteiger partial charge is 0.322 e. The monoisotopic (exact) mass is 204 g/mol.